The third-order valence-electron chi connectivity index (χ3n) is 2.57. The van der Waals surface area contributed by atoms with Gasteiger partial charge in [0.2, 0.25) is 0 Å². The Bertz CT molecular complexity index is 730. The molecule has 0 unspecified atom stereocenters. The summed E-state index contributed by atoms with van der Waals surface area (Å²) in [6, 6.07) is 9.07. The van der Waals surface area contributed by atoms with Crippen molar-refractivity contribution in [2.45, 2.75) is 11.8 Å². The summed E-state index contributed by atoms with van der Waals surface area (Å²) in [4.78, 5) is 15.4. The van der Waals surface area contributed by atoms with Crippen molar-refractivity contribution in [1.82, 2.24) is 4.98 Å². The van der Waals surface area contributed by atoms with Gasteiger partial charge < -0.3 is 4.74 Å². The van der Waals surface area contributed by atoms with E-state index in [-0.39, 0.29) is 22.8 Å². The monoisotopic (exact) mass is 306 g/mol. The highest BCUT2D eigenvalue weighted by molar-refractivity contribution is 7.92. The zero-order valence-electron chi connectivity index (χ0n) is 11.3. The topological polar surface area (TPSA) is 85.4 Å². The van der Waals surface area contributed by atoms with Crippen LogP contribution in [0.5, 0.6) is 0 Å². The molecule has 2 rings (SSSR count). The van der Waals surface area contributed by atoms with Crippen LogP contribution in [0.25, 0.3) is 0 Å². The second-order valence-electron chi connectivity index (χ2n) is 4.10. The van der Waals surface area contributed by atoms with Crippen molar-refractivity contribution in [3.63, 3.8) is 0 Å². The second kappa shape index (κ2) is 6.36. The molecule has 1 N–H and O–H groups in total. The molecule has 0 fully saturated rings. The normalized spacial score (nSPS) is 10.9. The van der Waals surface area contributed by atoms with Gasteiger partial charge in [-0.25, -0.2) is 13.2 Å². The maximum Gasteiger partial charge on any atom is 0.338 e. The Labute approximate surface area is 122 Å². The number of ether oxygens (including phenoxy) is 1. The van der Waals surface area contributed by atoms with Crippen molar-refractivity contribution < 1.29 is 17.9 Å². The Kier molecular flexibility index (Phi) is 4.54. The number of aromatic nitrogens is 1. The molecule has 110 valence electrons. The van der Waals surface area contributed by atoms with Crippen LogP contribution in [0, 0.1) is 0 Å². The van der Waals surface area contributed by atoms with E-state index in [0.29, 0.717) is 0 Å². The lowest BCUT2D eigenvalue weighted by Gasteiger charge is -2.09. The highest BCUT2D eigenvalue weighted by Gasteiger charge is 2.15. The lowest BCUT2D eigenvalue weighted by atomic mass is 10.2. The van der Waals surface area contributed by atoms with Crippen molar-refractivity contribution in [3.8, 4) is 0 Å². The first-order valence-electron chi connectivity index (χ1n) is 6.23. The third-order valence-corrected chi connectivity index (χ3v) is 3.94. The molecule has 0 saturated carbocycles. The molecule has 2 aromatic rings. The molecule has 7 heteroatoms. The molecule has 1 heterocycles. The Balaban J connectivity index is 2.24. The summed E-state index contributed by atoms with van der Waals surface area (Å²) >= 11 is 0. The molecule has 0 radical (unpaired) electrons. The zero-order valence-corrected chi connectivity index (χ0v) is 12.1. The summed E-state index contributed by atoms with van der Waals surface area (Å²) in [7, 11) is -3.73. The molecule has 0 spiro atoms. The van der Waals surface area contributed by atoms with Crippen LogP contribution in [0.2, 0.25) is 0 Å². The molecule has 0 aliphatic rings. The number of sulfonamides is 1. The highest BCUT2D eigenvalue weighted by atomic mass is 32.2. The quantitative estimate of drug-likeness (QED) is 0.855. The van der Waals surface area contributed by atoms with Crippen LogP contribution in [0.4, 0.5) is 5.69 Å². The van der Waals surface area contributed by atoms with Crippen molar-refractivity contribution >= 4 is 21.7 Å². The maximum absolute atomic E-state index is 12.1. The van der Waals surface area contributed by atoms with Crippen molar-refractivity contribution in [3.05, 3.63) is 54.4 Å². The highest BCUT2D eigenvalue weighted by Crippen LogP contribution is 2.17. The van der Waals surface area contributed by atoms with E-state index < -0.39 is 16.0 Å². The van der Waals surface area contributed by atoms with E-state index >= 15 is 0 Å². The molecule has 0 atom stereocenters. The summed E-state index contributed by atoms with van der Waals surface area (Å²) in [6.45, 7) is 1.96. The van der Waals surface area contributed by atoms with E-state index in [1.165, 1.54) is 30.6 Å². The summed E-state index contributed by atoms with van der Waals surface area (Å²) in [6.07, 6.45) is 2.73. The number of hydrogen-bond acceptors (Lipinski definition) is 5. The number of carbonyl (C=O) groups excluding carboxylic acids is 1. The Morgan fingerprint density at radius 2 is 2.10 bits per heavy atom. The van der Waals surface area contributed by atoms with Gasteiger partial charge in [0.15, 0.2) is 0 Å². The fourth-order valence-electron chi connectivity index (χ4n) is 1.64. The van der Waals surface area contributed by atoms with E-state index in [1.54, 1.807) is 25.1 Å². The number of nitrogens with one attached hydrogen (secondary N) is 1. The number of esters is 1. The van der Waals surface area contributed by atoms with Crippen molar-refractivity contribution in [2.24, 2.45) is 0 Å². The van der Waals surface area contributed by atoms with Crippen LogP contribution in [0.1, 0.15) is 17.3 Å². The molecule has 1 aromatic carbocycles. The molecule has 0 aliphatic heterocycles. The minimum atomic E-state index is -3.73. The molecule has 21 heavy (non-hydrogen) atoms. The first-order chi connectivity index (χ1) is 10.0. The predicted octanol–water partition coefficient (Wildman–Crippen LogP) is 2.06. The molecule has 1 aromatic heterocycles. The van der Waals surface area contributed by atoms with Gasteiger partial charge in [-0.05, 0) is 37.3 Å². The minimum absolute atomic E-state index is 0.0477. The molecule has 0 bridgehead atoms. The van der Waals surface area contributed by atoms with E-state index in [2.05, 4.69) is 9.71 Å². The largest absolute Gasteiger partial charge is 0.462 e. The van der Waals surface area contributed by atoms with Crippen molar-refractivity contribution in [2.75, 3.05) is 11.3 Å². The number of nitrogens with zero attached hydrogens (tertiary/aromatic N) is 1. The van der Waals surface area contributed by atoms with Crippen LogP contribution in [0.3, 0.4) is 0 Å². The van der Waals surface area contributed by atoms with Gasteiger partial charge >= 0.3 is 5.97 Å². The lowest BCUT2D eigenvalue weighted by molar-refractivity contribution is 0.0526. The van der Waals surface area contributed by atoms with Gasteiger partial charge in [0.25, 0.3) is 10.0 Å². The van der Waals surface area contributed by atoms with Gasteiger partial charge in [-0.1, -0.05) is 6.07 Å². The van der Waals surface area contributed by atoms with Gasteiger partial charge in [-0.2, -0.15) is 0 Å². The third kappa shape index (κ3) is 3.79. The standard InChI is InChI=1S/C14H14N2O4S/c1-2-20-14(17)11-5-3-6-12(9-11)16-21(18,19)13-7-4-8-15-10-13/h3-10,16H,2H2,1H3. The smallest absolute Gasteiger partial charge is 0.338 e. The van der Waals surface area contributed by atoms with Crippen molar-refractivity contribution in [1.29, 1.82) is 0 Å². The van der Waals surface area contributed by atoms with Gasteiger partial charge in [-0.3, -0.25) is 9.71 Å². The number of carbonyl (C=O) groups is 1. The van der Waals surface area contributed by atoms with Gasteiger partial charge in [0, 0.05) is 18.1 Å². The van der Waals surface area contributed by atoms with Gasteiger partial charge in [-0.15, -0.1) is 0 Å². The van der Waals surface area contributed by atoms with E-state index in [9.17, 15) is 13.2 Å². The van der Waals surface area contributed by atoms with Crippen LogP contribution in [-0.4, -0.2) is 26.0 Å². The first kappa shape index (κ1) is 15.0. The minimum Gasteiger partial charge on any atom is -0.462 e. The van der Waals surface area contributed by atoms with Crippen LogP contribution >= 0.6 is 0 Å². The van der Waals surface area contributed by atoms with E-state index in [0.717, 1.165) is 0 Å². The average molecular weight is 306 g/mol. The summed E-state index contributed by atoms with van der Waals surface area (Å²) in [5, 5.41) is 0. The Hall–Kier alpha value is -2.41. The van der Waals surface area contributed by atoms with Crippen LogP contribution < -0.4 is 4.72 Å². The molecule has 0 aliphatic carbocycles. The van der Waals surface area contributed by atoms with E-state index in [1.807, 2.05) is 0 Å². The van der Waals surface area contributed by atoms with Gasteiger partial charge in [0.05, 0.1) is 12.2 Å². The fourth-order valence-corrected chi connectivity index (χ4v) is 2.66. The summed E-state index contributed by atoms with van der Waals surface area (Å²) < 4.78 is 31.6. The first-order valence-corrected chi connectivity index (χ1v) is 7.71. The number of benzene rings is 1. The molecule has 0 amide bonds. The van der Waals surface area contributed by atoms with E-state index in [4.69, 9.17) is 4.74 Å². The average Bonchev–Trinajstić information content (AvgIpc) is 2.48. The number of anilines is 1. The maximum atomic E-state index is 12.1. The number of rotatable bonds is 5. The molecule has 6 nitrogen and oxygen atoms in total. The number of pyridine rings is 1. The molecular formula is C14H14N2O4S. The second-order valence-corrected chi connectivity index (χ2v) is 5.78. The van der Waals surface area contributed by atoms with Crippen LogP contribution in [0.15, 0.2) is 53.7 Å². The van der Waals surface area contributed by atoms with Gasteiger partial charge in [0.1, 0.15) is 4.90 Å². The van der Waals surface area contributed by atoms with Crippen LogP contribution in [-0.2, 0) is 14.8 Å². The lowest BCUT2D eigenvalue weighted by Crippen LogP contribution is -2.13. The summed E-state index contributed by atoms with van der Waals surface area (Å²) in [5.74, 6) is -0.500. The summed E-state index contributed by atoms with van der Waals surface area (Å²) in [5.41, 5.74) is 0.563. The molecular weight excluding hydrogens is 292 g/mol. The Morgan fingerprint density at radius 1 is 1.29 bits per heavy atom. The SMILES string of the molecule is CCOC(=O)c1cccc(NS(=O)(=O)c2cccnc2)c1. The fraction of sp³-hybridized carbons (Fsp3) is 0.143. The predicted molar refractivity (Wildman–Crippen MR) is 77.4 cm³/mol. The number of hydrogen-bond donors (Lipinski definition) is 1. The Morgan fingerprint density at radius 3 is 2.76 bits per heavy atom. The molecule has 0 saturated heterocycles. The zero-order chi connectivity index (χ0) is 15.3.